The van der Waals surface area contributed by atoms with Crippen molar-refractivity contribution in [1.82, 2.24) is 19.6 Å². The molecule has 5 nitrogen and oxygen atoms in total. The lowest BCUT2D eigenvalue weighted by Crippen LogP contribution is -2.35. The number of hydrogen-bond acceptors (Lipinski definition) is 5. The Kier molecular flexibility index (Phi) is 26.3. The van der Waals surface area contributed by atoms with E-state index in [1.807, 2.05) is 0 Å². The molecular formula is C31H68N4O. The van der Waals surface area contributed by atoms with E-state index in [0.717, 1.165) is 19.1 Å². The molecule has 0 saturated heterocycles. The van der Waals surface area contributed by atoms with Crippen LogP contribution in [0.15, 0.2) is 0 Å². The Morgan fingerprint density at radius 3 is 1.33 bits per heavy atom. The molecule has 0 bridgehead atoms. The van der Waals surface area contributed by atoms with Crippen molar-refractivity contribution in [2.75, 3.05) is 93.8 Å². The van der Waals surface area contributed by atoms with Gasteiger partial charge in [0.25, 0.3) is 0 Å². The summed E-state index contributed by atoms with van der Waals surface area (Å²) >= 11 is 0. The van der Waals surface area contributed by atoms with Crippen LogP contribution in [-0.2, 0) is 4.74 Å². The molecular weight excluding hydrogens is 444 g/mol. The van der Waals surface area contributed by atoms with Crippen molar-refractivity contribution in [3.63, 3.8) is 0 Å². The van der Waals surface area contributed by atoms with Crippen LogP contribution in [0.25, 0.3) is 0 Å². The monoisotopic (exact) mass is 513 g/mol. The molecule has 0 rings (SSSR count). The van der Waals surface area contributed by atoms with Crippen LogP contribution in [0.3, 0.4) is 0 Å². The molecule has 0 saturated carbocycles. The van der Waals surface area contributed by atoms with E-state index in [1.54, 1.807) is 0 Å². The van der Waals surface area contributed by atoms with E-state index in [9.17, 15) is 0 Å². The number of rotatable bonds is 28. The fourth-order valence-corrected chi connectivity index (χ4v) is 5.05. The van der Waals surface area contributed by atoms with E-state index < -0.39 is 0 Å². The average molecular weight is 513 g/mol. The Bertz CT molecular complexity index is 407. The third kappa shape index (κ3) is 24.2. The first kappa shape index (κ1) is 35.8. The Hall–Kier alpha value is -0.200. The van der Waals surface area contributed by atoms with Gasteiger partial charge in [0.2, 0.25) is 0 Å². The van der Waals surface area contributed by atoms with Gasteiger partial charge in [-0.15, -0.1) is 0 Å². The molecule has 218 valence electrons. The van der Waals surface area contributed by atoms with Gasteiger partial charge >= 0.3 is 0 Å². The summed E-state index contributed by atoms with van der Waals surface area (Å²) in [5.41, 5.74) is 0. The molecule has 0 spiro atoms. The maximum absolute atomic E-state index is 5.51. The van der Waals surface area contributed by atoms with E-state index in [2.05, 4.69) is 68.6 Å². The summed E-state index contributed by atoms with van der Waals surface area (Å²) in [6, 6.07) is 0. The molecule has 0 heterocycles. The molecule has 0 atom stereocenters. The van der Waals surface area contributed by atoms with Gasteiger partial charge in [0.1, 0.15) is 0 Å². The minimum absolute atomic E-state index is 0.784. The Labute approximate surface area is 228 Å². The Morgan fingerprint density at radius 2 is 0.889 bits per heavy atom. The number of unbranched alkanes of at least 4 members (excludes halogenated alkanes) is 7. The molecule has 5 heteroatoms. The summed E-state index contributed by atoms with van der Waals surface area (Å²) in [6.07, 6.45) is 17.1. The van der Waals surface area contributed by atoms with Crippen LogP contribution in [0.2, 0.25) is 0 Å². The molecule has 0 aromatic heterocycles. The number of hydrogen-bond donors (Lipinski definition) is 0. The van der Waals surface area contributed by atoms with E-state index in [-0.39, 0.29) is 0 Å². The maximum Gasteiger partial charge on any atom is 0.0465 e. The zero-order valence-corrected chi connectivity index (χ0v) is 26.0. The highest BCUT2D eigenvalue weighted by molar-refractivity contribution is 4.69. The van der Waals surface area contributed by atoms with Crippen LogP contribution in [0.5, 0.6) is 0 Å². The molecule has 0 aliphatic rings. The Morgan fingerprint density at radius 1 is 0.472 bits per heavy atom. The van der Waals surface area contributed by atoms with Gasteiger partial charge in [0, 0.05) is 26.3 Å². The van der Waals surface area contributed by atoms with Crippen LogP contribution in [-0.4, -0.2) is 113 Å². The van der Waals surface area contributed by atoms with Gasteiger partial charge in [0.05, 0.1) is 0 Å². The fraction of sp³-hybridized carbons (Fsp3) is 1.00. The molecule has 0 amide bonds. The quantitative estimate of drug-likeness (QED) is 0.112. The van der Waals surface area contributed by atoms with Crippen molar-refractivity contribution < 1.29 is 4.74 Å². The van der Waals surface area contributed by atoms with E-state index in [1.165, 1.54) is 136 Å². The Balaban J connectivity index is 4.34. The minimum Gasteiger partial charge on any atom is -0.382 e. The summed E-state index contributed by atoms with van der Waals surface area (Å²) in [7, 11) is 9.26. The minimum atomic E-state index is 0.784. The van der Waals surface area contributed by atoms with E-state index in [4.69, 9.17) is 4.74 Å². The summed E-state index contributed by atoms with van der Waals surface area (Å²) < 4.78 is 5.51. The molecule has 36 heavy (non-hydrogen) atoms. The second-order valence-corrected chi connectivity index (χ2v) is 11.5. The smallest absolute Gasteiger partial charge is 0.0465 e. The highest BCUT2D eigenvalue weighted by atomic mass is 16.5. The molecule has 0 N–H and O–H groups in total. The summed E-state index contributed by atoms with van der Waals surface area (Å²) in [4.78, 5) is 10.2. The summed E-state index contributed by atoms with van der Waals surface area (Å²) in [5.74, 6) is 0.784. The average Bonchev–Trinajstić information content (AvgIpc) is 2.86. The van der Waals surface area contributed by atoms with Gasteiger partial charge in [-0.2, -0.15) is 0 Å². The van der Waals surface area contributed by atoms with Gasteiger partial charge in [-0.1, -0.05) is 46.0 Å². The molecule has 0 aromatic carbocycles. The summed E-state index contributed by atoms with van der Waals surface area (Å²) in [6.45, 7) is 18.4. The van der Waals surface area contributed by atoms with Crippen LogP contribution in [0.1, 0.15) is 104 Å². The van der Waals surface area contributed by atoms with Crippen molar-refractivity contribution in [3.05, 3.63) is 0 Å². The van der Waals surface area contributed by atoms with Gasteiger partial charge < -0.3 is 24.3 Å². The standard InChI is InChI=1S/C31H68N4O/c1-8-11-22-32(4)24-16-18-26-34(6)29-31(21-15-13-14-20-28-36-10-3)30-35(7)27-19-17-25-33(5)23-12-9-2/h31H,8-30H2,1-7H3. The van der Waals surface area contributed by atoms with Gasteiger partial charge in [-0.25, -0.2) is 0 Å². The van der Waals surface area contributed by atoms with Crippen molar-refractivity contribution in [2.45, 2.75) is 104 Å². The largest absolute Gasteiger partial charge is 0.382 e. The molecule has 0 aliphatic carbocycles. The van der Waals surface area contributed by atoms with Crippen LogP contribution < -0.4 is 0 Å². The first-order valence-corrected chi connectivity index (χ1v) is 15.7. The number of nitrogens with zero attached hydrogens (tertiary/aromatic N) is 4. The van der Waals surface area contributed by atoms with Crippen molar-refractivity contribution in [1.29, 1.82) is 0 Å². The van der Waals surface area contributed by atoms with Crippen molar-refractivity contribution in [3.8, 4) is 0 Å². The second-order valence-electron chi connectivity index (χ2n) is 11.5. The first-order chi connectivity index (χ1) is 17.4. The SMILES string of the molecule is CCCCN(C)CCCCN(C)CC(CCCCCCOCC)CN(C)CCCCN(C)CCCC. The topological polar surface area (TPSA) is 22.2 Å². The van der Waals surface area contributed by atoms with E-state index in [0.29, 0.717) is 0 Å². The molecule has 0 fully saturated rings. The molecule has 0 aliphatic heterocycles. The van der Waals surface area contributed by atoms with Crippen molar-refractivity contribution in [2.24, 2.45) is 5.92 Å². The normalized spacial score (nSPS) is 12.3. The first-order valence-electron chi connectivity index (χ1n) is 15.7. The molecule has 0 aromatic rings. The molecule has 0 unspecified atom stereocenters. The zero-order valence-electron chi connectivity index (χ0n) is 26.0. The number of ether oxygens (including phenoxy) is 1. The van der Waals surface area contributed by atoms with Gasteiger partial charge in [0.15, 0.2) is 0 Å². The third-order valence-electron chi connectivity index (χ3n) is 7.44. The van der Waals surface area contributed by atoms with Crippen LogP contribution >= 0.6 is 0 Å². The van der Waals surface area contributed by atoms with Crippen molar-refractivity contribution >= 4 is 0 Å². The highest BCUT2D eigenvalue weighted by Crippen LogP contribution is 2.15. The fourth-order valence-electron chi connectivity index (χ4n) is 5.05. The third-order valence-corrected chi connectivity index (χ3v) is 7.44. The van der Waals surface area contributed by atoms with Crippen LogP contribution in [0.4, 0.5) is 0 Å². The lowest BCUT2D eigenvalue weighted by atomic mass is 9.99. The van der Waals surface area contributed by atoms with Crippen LogP contribution in [0, 0.1) is 5.92 Å². The predicted molar refractivity (Wildman–Crippen MR) is 161 cm³/mol. The maximum atomic E-state index is 5.51. The predicted octanol–water partition coefficient (Wildman–Crippen LogP) is 6.48. The lowest BCUT2D eigenvalue weighted by molar-refractivity contribution is 0.142. The highest BCUT2D eigenvalue weighted by Gasteiger charge is 2.14. The van der Waals surface area contributed by atoms with Gasteiger partial charge in [-0.3, -0.25) is 0 Å². The second kappa shape index (κ2) is 26.4. The zero-order chi connectivity index (χ0) is 26.9. The molecule has 0 radical (unpaired) electrons. The van der Waals surface area contributed by atoms with E-state index >= 15 is 0 Å². The summed E-state index contributed by atoms with van der Waals surface area (Å²) in [5, 5.41) is 0. The lowest BCUT2D eigenvalue weighted by Gasteiger charge is -2.28. The van der Waals surface area contributed by atoms with Gasteiger partial charge in [-0.05, 0) is 132 Å².